The molecule has 1 N–H and O–H groups in total. The molecule has 1 saturated heterocycles. The quantitative estimate of drug-likeness (QED) is 0.884. The molecular weight excluding hydrogens is 298 g/mol. The molecule has 3 rings (SSSR count). The minimum Gasteiger partial charge on any atom is -0.378 e. The maximum Gasteiger partial charge on any atom is 0.0991 e. The van der Waals surface area contributed by atoms with Gasteiger partial charge in [-0.15, -0.1) is 0 Å². The minimum atomic E-state index is 0.398. The number of rotatable bonds is 6. The second-order valence-electron chi connectivity index (χ2n) is 5.86. The molecule has 4 nitrogen and oxygen atoms in total. The van der Waals surface area contributed by atoms with Crippen LogP contribution in [-0.2, 0) is 11.3 Å². The summed E-state index contributed by atoms with van der Waals surface area (Å²) in [6, 6.07) is 6.37. The number of ether oxygens (including phenoxy) is 1. The van der Waals surface area contributed by atoms with Crippen molar-refractivity contribution in [1.29, 1.82) is 0 Å². The number of hydrogen-bond acceptors (Lipinski definition) is 3. The van der Waals surface area contributed by atoms with Crippen molar-refractivity contribution in [2.45, 2.75) is 44.9 Å². The predicted molar refractivity (Wildman–Crippen MR) is 88.5 cm³/mol. The molecule has 2 unspecified atom stereocenters. The zero-order valence-corrected chi connectivity index (χ0v) is 13.6. The molecule has 0 spiro atoms. The summed E-state index contributed by atoms with van der Waals surface area (Å²) < 4.78 is 7.70. The Labute approximate surface area is 136 Å². The van der Waals surface area contributed by atoms with Crippen molar-refractivity contribution in [3.05, 3.63) is 47.5 Å². The molecule has 0 bridgehead atoms. The van der Waals surface area contributed by atoms with Crippen LogP contribution >= 0.6 is 11.6 Å². The van der Waals surface area contributed by atoms with Crippen LogP contribution in [0.5, 0.6) is 0 Å². The van der Waals surface area contributed by atoms with E-state index < -0.39 is 0 Å². The predicted octanol–water partition coefficient (Wildman–Crippen LogP) is 3.57. The summed E-state index contributed by atoms with van der Waals surface area (Å²) in [6.07, 6.45) is 9.33. The SMILES string of the molecule is CC(CC1CCCO1)NCc1c(Cl)cccc1-n1ccnc1. The molecule has 2 aromatic rings. The second-order valence-corrected chi connectivity index (χ2v) is 6.27. The lowest BCUT2D eigenvalue weighted by molar-refractivity contribution is 0.0961. The molecule has 1 aromatic carbocycles. The largest absolute Gasteiger partial charge is 0.378 e. The van der Waals surface area contributed by atoms with E-state index in [2.05, 4.69) is 23.3 Å². The zero-order valence-electron chi connectivity index (χ0n) is 12.8. The first kappa shape index (κ1) is 15.5. The van der Waals surface area contributed by atoms with Crippen LogP contribution in [0.2, 0.25) is 5.02 Å². The molecule has 0 amide bonds. The monoisotopic (exact) mass is 319 g/mol. The van der Waals surface area contributed by atoms with E-state index in [0.717, 1.165) is 35.8 Å². The molecule has 1 aliphatic rings. The average Bonchev–Trinajstić information content (AvgIpc) is 3.19. The number of halogens is 1. The molecule has 2 heterocycles. The molecule has 1 aromatic heterocycles. The van der Waals surface area contributed by atoms with Gasteiger partial charge in [0.05, 0.1) is 18.1 Å². The first-order chi connectivity index (χ1) is 10.7. The van der Waals surface area contributed by atoms with Crippen LogP contribution in [-0.4, -0.2) is 28.3 Å². The highest BCUT2D eigenvalue weighted by Crippen LogP contribution is 2.24. The van der Waals surface area contributed by atoms with Crippen molar-refractivity contribution >= 4 is 11.6 Å². The van der Waals surface area contributed by atoms with Crippen LogP contribution in [0.3, 0.4) is 0 Å². The van der Waals surface area contributed by atoms with Crippen molar-refractivity contribution in [3.63, 3.8) is 0 Å². The van der Waals surface area contributed by atoms with Gasteiger partial charge in [-0.25, -0.2) is 4.98 Å². The second kappa shape index (κ2) is 7.27. The van der Waals surface area contributed by atoms with Gasteiger partial charge in [0, 0.05) is 42.2 Å². The van der Waals surface area contributed by atoms with Gasteiger partial charge in [-0.3, -0.25) is 0 Å². The number of nitrogens with one attached hydrogen (secondary N) is 1. The smallest absolute Gasteiger partial charge is 0.0991 e. The fourth-order valence-electron chi connectivity index (χ4n) is 2.95. The van der Waals surface area contributed by atoms with E-state index in [4.69, 9.17) is 16.3 Å². The van der Waals surface area contributed by atoms with Gasteiger partial charge in [0.25, 0.3) is 0 Å². The molecule has 1 aliphatic heterocycles. The van der Waals surface area contributed by atoms with E-state index in [-0.39, 0.29) is 0 Å². The van der Waals surface area contributed by atoms with E-state index in [9.17, 15) is 0 Å². The third kappa shape index (κ3) is 3.69. The van der Waals surface area contributed by atoms with Gasteiger partial charge in [0.1, 0.15) is 0 Å². The Balaban J connectivity index is 1.66. The summed E-state index contributed by atoms with van der Waals surface area (Å²) in [5, 5.41) is 4.35. The minimum absolute atomic E-state index is 0.398. The van der Waals surface area contributed by atoms with Crippen LogP contribution in [0.1, 0.15) is 31.7 Å². The summed E-state index contributed by atoms with van der Waals surface area (Å²) in [7, 11) is 0. The summed E-state index contributed by atoms with van der Waals surface area (Å²) >= 11 is 6.40. The topological polar surface area (TPSA) is 39.1 Å². The molecule has 22 heavy (non-hydrogen) atoms. The molecule has 0 saturated carbocycles. The van der Waals surface area contributed by atoms with Gasteiger partial charge in [0.15, 0.2) is 0 Å². The van der Waals surface area contributed by atoms with Gasteiger partial charge >= 0.3 is 0 Å². The number of nitrogens with zero attached hydrogens (tertiary/aromatic N) is 2. The van der Waals surface area contributed by atoms with E-state index >= 15 is 0 Å². The molecule has 0 aliphatic carbocycles. The Morgan fingerprint density at radius 3 is 3.14 bits per heavy atom. The van der Waals surface area contributed by atoms with Crippen LogP contribution in [0.25, 0.3) is 5.69 Å². The number of hydrogen-bond donors (Lipinski definition) is 1. The van der Waals surface area contributed by atoms with Crippen molar-refractivity contribution in [2.75, 3.05) is 6.61 Å². The lowest BCUT2D eigenvalue weighted by Crippen LogP contribution is -2.30. The summed E-state index contributed by atoms with van der Waals surface area (Å²) in [6.45, 7) is 3.85. The third-order valence-corrected chi connectivity index (χ3v) is 4.50. The Bertz CT molecular complexity index is 594. The van der Waals surface area contributed by atoms with Crippen LogP contribution in [0, 0.1) is 0 Å². The number of aromatic nitrogens is 2. The first-order valence-electron chi connectivity index (χ1n) is 7.84. The molecule has 2 atom stereocenters. The molecule has 118 valence electrons. The van der Waals surface area contributed by atoms with Crippen molar-refractivity contribution in [2.24, 2.45) is 0 Å². The normalized spacial score (nSPS) is 19.5. The maximum absolute atomic E-state index is 6.40. The maximum atomic E-state index is 6.40. The Kier molecular flexibility index (Phi) is 5.13. The van der Waals surface area contributed by atoms with E-state index in [1.54, 1.807) is 12.5 Å². The van der Waals surface area contributed by atoms with Crippen molar-refractivity contribution in [1.82, 2.24) is 14.9 Å². The Morgan fingerprint density at radius 2 is 2.41 bits per heavy atom. The highest BCUT2D eigenvalue weighted by molar-refractivity contribution is 6.31. The van der Waals surface area contributed by atoms with Gasteiger partial charge in [0.2, 0.25) is 0 Å². The Hall–Kier alpha value is -1.36. The lowest BCUT2D eigenvalue weighted by atomic mass is 10.1. The third-order valence-electron chi connectivity index (χ3n) is 4.14. The van der Waals surface area contributed by atoms with E-state index in [0.29, 0.717) is 12.1 Å². The fraction of sp³-hybridized carbons (Fsp3) is 0.471. The summed E-state index contributed by atoms with van der Waals surface area (Å²) in [5.41, 5.74) is 2.17. The number of benzene rings is 1. The fourth-order valence-corrected chi connectivity index (χ4v) is 3.19. The molecular formula is C17H22ClN3O. The Morgan fingerprint density at radius 1 is 1.50 bits per heavy atom. The van der Waals surface area contributed by atoms with Gasteiger partial charge in [-0.1, -0.05) is 17.7 Å². The van der Waals surface area contributed by atoms with Crippen molar-refractivity contribution in [3.8, 4) is 5.69 Å². The van der Waals surface area contributed by atoms with E-state index in [1.807, 2.05) is 22.9 Å². The molecule has 0 radical (unpaired) electrons. The summed E-state index contributed by atoms with van der Waals surface area (Å²) in [5.74, 6) is 0. The first-order valence-corrected chi connectivity index (χ1v) is 8.22. The zero-order chi connectivity index (χ0) is 15.4. The lowest BCUT2D eigenvalue weighted by Gasteiger charge is -2.19. The van der Waals surface area contributed by atoms with Crippen LogP contribution < -0.4 is 5.32 Å². The average molecular weight is 320 g/mol. The number of imidazole rings is 1. The molecule has 1 fully saturated rings. The highest BCUT2D eigenvalue weighted by Gasteiger charge is 2.18. The van der Waals surface area contributed by atoms with Gasteiger partial charge in [-0.05, 0) is 38.3 Å². The standard InChI is InChI=1S/C17H22ClN3O/c1-13(10-14-4-3-9-22-14)20-11-15-16(18)5-2-6-17(15)21-8-7-19-12-21/h2,5-8,12-14,20H,3-4,9-11H2,1H3. The van der Waals surface area contributed by atoms with Gasteiger partial charge < -0.3 is 14.6 Å². The van der Waals surface area contributed by atoms with E-state index in [1.165, 1.54) is 12.8 Å². The van der Waals surface area contributed by atoms with Gasteiger partial charge in [-0.2, -0.15) is 0 Å². The van der Waals surface area contributed by atoms with Crippen LogP contribution in [0.15, 0.2) is 36.9 Å². The molecule has 5 heteroatoms. The summed E-state index contributed by atoms with van der Waals surface area (Å²) in [4.78, 5) is 4.12. The van der Waals surface area contributed by atoms with Crippen molar-refractivity contribution < 1.29 is 4.74 Å². The van der Waals surface area contributed by atoms with Crippen LogP contribution in [0.4, 0.5) is 0 Å². The highest BCUT2D eigenvalue weighted by atomic mass is 35.5.